The molecule has 0 aromatic heterocycles. The first-order valence-electron chi connectivity index (χ1n) is 7.51. The molecule has 24 heavy (non-hydrogen) atoms. The Morgan fingerprint density at radius 3 is 2.67 bits per heavy atom. The highest BCUT2D eigenvalue weighted by atomic mass is 32.2. The normalized spacial score (nSPS) is 17.2. The number of thioether (sulfide) groups is 1. The molecule has 128 valence electrons. The maximum atomic E-state index is 12.9. The SMILES string of the molecule is COc1ccc(OC)c(S(=O)(=O)N[C@H]2CCSc3ccccc32)c1. The number of rotatable bonds is 5. The number of hydrogen-bond donors (Lipinski definition) is 1. The second-order valence-electron chi connectivity index (χ2n) is 5.37. The van der Waals surface area contributed by atoms with E-state index in [-0.39, 0.29) is 10.9 Å². The van der Waals surface area contributed by atoms with Crippen LogP contribution in [0.25, 0.3) is 0 Å². The predicted molar refractivity (Wildman–Crippen MR) is 94.4 cm³/mol. The molecule has 0 fully saturated rings. The lowest BCUT2D eigenvalue weighted by molar-refractivity contribution is 0.391. The highest BCUT2D eigenvalue weighted by molar-refractivity contribution is 7.99. The molecule has 1 N–H and O–H groups in total. The van der Waals surface area contributed by atoms with Crippen molar-refractivity contribution in [2.75, 3.05) is 20.0 Å². The lowest BCUT2D eigenvalue weighted by Gasteiger charge is -2.26. The molecule has 0 aliphatic carbocycles. The third-order valence-electron chi connectivity index (χ3n) is 3.92. The van der Waals surface area contributed by atoms with Gasteiger partial charge in [-0.25, -0.2) is 13.1 Å². The average Bonchev–Trinajstić information content (AvgIpc) is 2.61. The summed E-state index contributed by atoms with van der Waals surface area (Å²) in [6.45, 7) is 0. The van der Waals surface area contributed by atoms with Gasteiger partial charge in [-0.3, -0.25) is 0 Å². The van der Waals surface area contributed by atoms with E-state index in [0.717, 1.165) is 22.6 Å². The van der Waals surface area contributed by atoms with Crippen molar-refractivity contribution in [3.05, 3.63) is 48.0 Å². The van der Waals surface area contributed by atoms with E-state index < -0.39 is 10.0 Å². The van der Waals surface area contributed by atoms with Crippen molar-refractivity contribution in [1.82, 2.24) is 4.72 Å². The van der Waals surface area contributed by atoms with Crippen molar-refractivity contribution in [2.45, 2.75) is 22.3 Å². The van der Waals surface area contributed by atoms with Crippen molar-refractivity contribution in [3.8, 4) is 11.5 Å². The largest absolute Gasteiger partial charge is 0.497 e. The van der Waals surface area contributed by atoms with Gasteiger partial charge in [0.2, 0.25) is 10.0 Å². The van der Waals surface area contributed by atoms with Gasteiger partial charge in [0, 0.05) is 17.0 Å². The van der Waals surface area contributed by atoms with Crippen molar-refractivity contribution in [1.29, 1.82) is 0 Å². The summed E-state index contributed by atoms with van der Waals surface area (Å²) in [5.74, 6) is 1.64. The van der Waals surface area contributed by atoms with Gasteiger partial charge >= 0.3 is 0 Å². The van der Waals surface area contributed by atoms with Gasteiger partial charge in [0.25, 0.3) is 0 Å². The summed E-state index contributed by atoms with van der Waals surface area (Å²) in [4.78, 5) is 1.20. The van der Waals surface area contributed by atoms with Gasteiger partial charge in [0.1, 0.15) is 16.4 Å². The zero-order chi connectivity index (χ0) is 17.2. The first kappa shape index (κ1) is 17.1. The fourth-order valence-electron chi connectivity index (χ4n) is 2.71. The first-order chi connectivity index (χ1) is 11.5. The van der Waals surface area contributed by atoms with Crippen LogP contribution in [0, 0.1) is 0 Å². The third kappa shape index (κ3) is 3.38. The minimum Gasteiger partial charge on any atom is -0.497 e. The zero-order valence-corrected chi connectivity index (χ0v) is 15.1. The zero-order valence-electron chi connectivity index (χ0n) is 13.5. The van der Waals surface area contributed by atoms with Gasteiger partial charge in [0.15, 0.2) is 0 Å². The van der Waals surface area contributed by atoms with Crippen LogP contribution in [-0.2, 0) is 10.0 Å². The van der Waals surface area contributed by atoms with Crippen LogP contribution in [-0.4, -0.2) is 28.4 Å². The molecule has 1 atom stereocenters. The molecule has 0 spiro atoms. The number of fused-ring (bicyclic) bond motifs is 1. The molecule has 0 saturated carbocycles. The Hall–Kier alpha value is -1.70. The van der Waals surface area contributed by atoms with Crippen LogP contribution in [0.3, 0.4) is 0 Å². The Labute approximate surface area is 146 Å². The minimum absolute atomic E-state index is 0.0834. The summed E-state index contributed by atoms with van der Waals surface area (Å²) in [6.07, 6.45) is 0.743. The molecular weight excluding hydrogens is 346 g/mol. The molecule has 0 bridgehead atoms. The number of hydrogen-bond acceptors (Lipinski definition) is 5. The first-order valence-corrected chi connectivity index (χ1v) is 9.98. The molecular formula is C17H19NO4S2. The molecule has 5 nitrogen and oxygen atoms in total. The monoisotopic (exact) mass is 365 g/mol. The predicted octanol–water partition coefficient (Wildman–Crippen LogP) is 3.22. The number of sulfonamides is 1. The maximum Gasteiger partial charge on any atom is 0.244 e. The van der Waals surface area contributed by atoms with E-state index in [1.54, 1.807) is 23.9 Å². The Kier molecular flexibility index (Phi) is 5.03. The van der Waals surface area contributed by atoms with E-state index in [9.17, 15) is 8.42 Å². The van der Waals surface area contributed by atoms with Crippen molar-refractivity contribution < 1.29 is 17.9 Å². The van der Waals surface area contributed by atoms with Crippen LogP contribution in [0.5, 0.6) is 11.5 Å². The fourth-order valence-corrected chi connectivity index (χ4v) is 5.27. The number of ether oxygens (including phenoxy) is 2. The Bertz CT molecular complexity index is 836. The second-order valence-corrected chi connectivity index (χ2v) is 8.18. The van der Waals surface area contributed by atoms with Gasteiger partial charge in [-0.15, -0.1) is 11.8 Å². The van der Waals surface area contributed by atoms with E-state index in [4.69, 9.17) is 9.47 Å². The molecule has 1 aliphatic heterocycles. The summed E-state index contributed by atoms with van der Waals surface area (Å²) < 4.78 is 39.0. The third-order valence-corrected chi connectivity index (χ3v) is 6.53. The topological polar surface area (TPSA) is 64.6 Å². The molecule has 1 heterocycles. The number of nitrogens with one attached hydrogen (secondary N) is 1. The molecule has 3 rings (SSSR count). The van der Waals surface area contributed by atoms with Crippen LogP contribution in [0.4, 0.5) is 0 Å². The molecule has 0 amide bonds. The maximum absolute atomic E-state index is 12.9. The van der Waals surface area contributed by atoms with Crippen LogP contribution in [0.1, 0.15) is 18.0 Å². The summed E-state index contributed by atoms with van der Waals surface area (Å²) in [7, 11) is -0.790. The Morgan fingerprint density at radius 2 is 1.92 bits per heavy atom. The van der Waals surface area contributed by atoms with E-state index in [1.807, 2.05) is 24.3 Å². The number of methoxy groups -OCH3 is 2. The van der Waals surface area contributed by atoms with Crippen LogP contribution in [0.15, 0.2) is 52.3 Å². The summed E-state index contributed by atoms with van der Waals surface area (Å²) in [5.41, 5.74) is 1.01. The van der Waals surface area contributed by atoms with E-state index in [2.05, 4.69) is 4.72 Å². The van der Waals surface area contributed by atoms with E-state index in [0.29, 0.717) is 11.5 Å². The van der Waals surface area contributed by atoms with Gasteiger partial charge in [-0.2, -0.15) is 0 Å². The van der Waals surface area contributed by atoms with Gasteiger partial charge in [-0.1, -0.05) is 18.2 Å². The van der Waals surface area contributed by atoms with Crippen LogP contribution >= 0.6 is 11.8 Å². The van der Waals surface area contributed by atoms with Gasteiger partial charge < -0.3 is 9.47 Å². The highest BCUT2D eigenvalue weighted by Gasteiger charge is 2.28. The van der Waals surface area contributed by atoms with E-state index >= 15 is 0 Å². The van der Waals surface area contributed by atoms with Crippen molar-refractivity contribution in [2.24, 2.45) is 0 Å². The summed E-state index contributed by atoms with van der Waals surface area (Å²) in [5, 5.41) is 0. The highest BCUT2D eigenvalue weighted by Crippen LogP contribution is 2.37. The van der Waals surface area contributed by atoms with Crippen LogP contribution in [0.2, 0.25) is 0 Å². The molecule has 2 aromatic carbocycles. The molecule has 0 unspecified atom stereocenters. The van der Waals surface area contributed by atoms with Gasteiger partial charge in [-0.05, 0) is 35.9 Å². The van der Waals surface area contributed by atoms with E-state index in [1.165, 1.54) is 20.3 Å². The molecule has 0 radical (unpaired) electrons. The lowest BCUT2D eigenvalue weighted by Crippen LogP contribution is -2.31. The smallest absolute Gasteiger partial charge is 0.244 e. The average molecular weight is 365 g/mol. The standard InChI is InChI=1S/C17H19NO4S2/c1-21-12-7-8-15(22-2)17(11-12)24(19,20)18-14-9-10-23-16-6-4-3-5-13(14)16/h3-8,11,14,18H,9-10H2,1-2H3/t14-/m0/s1. The Balaban J connectivity index is 1.96. The molecule has 7 heteroatoms. The number of benzene rings is 2. The summed E-state index contributed by atoms with van der Waals surface area (Å²) >= 11 is 1.75. The quantitative estimate of drug-likeness (QED) is 0.881. The lowest BCUT2D eigenvalue weighted by atomic mass is 10.1. The fraction of sp³-hybridized carbons (Fsp3) is 0.294. The second kappa shape index (κ2) is 7.04. The van der Waals surface area contributed by atoms with Crippen molar-refractivity contribution >= 4 is 21.8 Å². The Morgan fingerprint density at radius 1 is 1.12 bits per heavy atom. The van der Waals surface area contributed by atoms with Crippen molar-refractivity contribution in [3.63, 3.8) is 0 Å². The summed E-state index contributed by atoms with van der Waals surface area (Å²) in [6, 6.07) is 12.4. The van der Waals surface area contributed by atoms with Gasteiger partial charge in [0.05, 0.1) is 14.2 Å². The molecule has 1 aliphatic rings. The molecule has 0 saturated heterocycles. The minimum atomic E-state index is -3.74. The van der Waals surface area contributed by atoms with Crippen LogP contribution < -0.4 is 14.2 Å². The molecule has 2 aromatic rings.